The fraction of sp³-hybridized carbons (Fsp3) is 0.455. The van der Waals surface area contributed by atoms with Gasteiger partial charge in [0.15, 0.2) is 0 Å². The maximum atomic E-state index is 12.5. The van der Waals surface area contributed by atoms with E-state index in [0.29, 0.717) is 0 Å². The van der Waals surface area contributed by atoms with Crippen molar-refractivity contribution in [1.29, 1.82) is 5.41 Å². The van der Waals surface area contributed by atoms with Crippen molar-refractivity contribution in [2.45, 2.75) is 26.1 Å². The van der Waals surface area contributed by atoms with Crippen LogP contribution in [0.3, 0.4) is 0 Å². The third-order valence-corrected chi connectivity index (χ3v) is 2.28. The second-order valence-corrected chi connectivity index (χ2v) is 4.13. The molecule has 7 heteroatoms. The number of anilines is 1. The van der Waals surface area contributed by atoms with Crippen LogP contribution in [0.25, 0.3) is 0 Å². The number of aromatic nitrogens is 1. The third kappa shape index (κ3) is 3.90. The van der Waals surface area contributed by atoms with E-state index >= 15 is 0 Å². The topological polar surface area (TPSA) is 66.0 Å². The number of nitrogens with one attached hydrogen (secondary N) is 1. The van der Waals surface area contributed by atoms with Crippen LogP contribution in [-0.2, 0) is 0 Å². The Bertz CT molecular complexity index is 429. The highest BCUT2D eigenvalue weighted by Crippen LogP contribution is 2.22. The number of nitrogens with zero attached hydrogens (tertiary/aromatic N) is 2. The molecule has 1 heterocycles. The number of rotatable bonds is 4. The Hall–Kier alpha value is -1.79. The van der Waals surface area contributed by atoms with Crippen molar-refractivity contribution in [3.63, 3.8) is 0 Å². The normalized spacial score (nSPS) is 11.7. The number of hydrogen-bond donors (Lipinski definition) is 2. The zero-order chi connectivity index (χ0) is 13.9. The van der Waals surface area contributed by atoms with Crippen LogP contribution in [0.1, 0.15) is 19.5 Å². The van der Waals surface area contributed by atoms with Crippen molar-refractivity contribution in [2.24, 2.45) is 5.73 Å². The van der Waals surface area contributed by atoms with Gasteiger partial charge in [0.1, 0.15) is 23.9 Å². The molecule has 0 unspecified atom stereocenters. The summed E-state index contributed by atoms with van der Waals surface area (Å²) in [6, 6.07) is 4.13. The van der Waals surface area contributed by atoms with Crippen molar-refractivity contribution in [2.75, 3.05) is 11.4 Å². The van der Waals surface area contributed by atoms with E-state index in [1.165, 1.54) is 18.2 Å². The first-order valence-corrected chi connectivity index (χ1v) is 5.35. The van der Waals surface area contributed by atoms with E-state index < -0.39 is 12.7 Å². The van der Waals surface area contributed by atoms with Crippen LogP contribution in [0.2, 0.25) is 0 Å². The van der Waals surface area contributed by atoms with Crippen LogP contribution in [0.15, 0.2) is 18.2 Å². The van der Waals surface area contributed by atoms with Gasteiger partial charge in [-0.2, -0.15) is 13.2 Å². The van der Waals surface area contributed by atoms with Gasteiger partial charge in [-0.05, 0) is 26.0 Å². The number of halogens is 3. The van der Waals surface area contributed by atoms with Crippen molar-refractivity contribution in [3.05, 3.63) is 23.9 Å². The Balaban J connectivity index is 3.06. The van der Waals surface area contributed by atoms with Crippen LogP contribution in [0.5, 0.6) is 0 Å². The number of alkyl halides is 3. The van der Waals surface area contributed by atoms with E-state index in [4.69, 9.17) is 11.1 Å². The molecule has 3 N–H and O–H groups in total. The zero-order valence-corrected chi connectivity index (χ0v) is 10.1. The first kappa shape index (κ1) is 14.3. The molecule has 18 heavy (non-hydrogen) atoms. The SMILES string of the molecule is CC(C)N(CC(F)(F)F)c1cccc(C(=N)N)n1. The highest BCUT2D eigenvalue weighted by Gasteiger charge is 2.32. The molecule has 1 aromatic heterocycles. The summed E-state index contributed by atoms with van der Waals surface area (Å²) < 4.78 is 37.4. The summed E-state index contributed by atoms with van der Waals surface area (Å²) in [5, 5.41) is 7.23. The first-order chi connectivity index (χ1) is 8.20. The lowest BCUT2D eigenvalue weighted by molar-refractivity contribution is -0.120. The number of hydrogen-bond acceptors (Lipinski definition) is 3. The van der Waals surface area contributed by atoms with Crippen LogP contribution in [-0.4, -0.2) is 29.6 Å². The van der Waals surface area contributed by atoms with Crippen LogP contribution >= 0.6 is 0 Å². The van der Waals surface area contributed by atoms with Crippen molar-refractivity contribution in [3.8, 4) is 0 Å². The minimum Gasteiger partial charge on any atom is -0.382 e. The van der Waals surface area contributed by atoms with Crippen LogP contribution in [0.4, 0.5) is 19.0 Å². The Kier molecular flexibility index (Phi) is 4.15. The molecule has 0 atom stereocenters. The summed E-state index contributed by atoms with van der Waals surface area (Å²) in [5.74, 6) is -0.109. The maximum absolute atomic E-state index is 12.5. The van der Waals surface area contributed by atoms with Crippen LogP contribution in [0, 0.1) is 5.41 Å². The second kappa shape index (κ2) is 5.24. The van der Waals surface area contributed by atoms with Crippen molar-refractivity contribution >= 4 is 11.7 Å². The standard InChI is InChI=1S/C11H15F3N4/c1-7(2)18(6-11(12,13)14)9-5-3-4-8(17-9)10(15)16/h3-5,7H,6H2,1-2H3,(H3,15,16). The Morgan fingerprint density at radius 3 is 2.50 bits per heavy atom. The second-order valence-electron chi connectivity index (χ2n) is 4.13. The molecule has 0 saturated carbocycles. The zero-order valence-electron chi connectivity index (χ0n) is 10.1. The van der Waals surface area contributed by atoms with Gasteiger partial charge in [-0.3, -0.25) is 5.41 Å². The minimum absolute atomic E-state index is 0.162. The average Bonchev–Trinajstić information content (AvgIpc) is 2.24. The number of amidine groups is 1. The highest BCUT2D eigenvalue weighted by molar-refractivity contribution is 5.93. The molecule has 1 rings (SSSR count). The molecular weight excluding hydrogens is 245 g/mol. The van der Waals surface area contributed by atoms with Gasteiger partial charge in [0.25, 0.3) is 0 Å². The molecule has 0 saturated heterocycles. The van der Waals surface area contributed by atoms with Crippen LogP contribution < -0.4 is 10.6 Å². The van der Waals surface area contributed by atoms with Gasteiger partial charge in [0.05, 0.1) is 0 Å². The minimum atomic E-state index is -4.31. The fourth-order valence-corrected chi connectivity index (χ4v) is 1.45. The predicted octanol–water partition coefficient (Wildman–Crippen LogP) is 2.14. The molecule has 4 nitrogen and oxygen atoms in total. The largest absolute Gasteiger partial charge is 0.405 e. The molecule has 0 aliphatic carbocycles. The molecule has 0 aliphatic heterocycles. The molecule has 1 aromatic rings. The molecule has 0 aromatic carbocycles. The van der Waals surface area contributed by atoms with Gasteiger partial charge in [0, 0.05) is 6.04 Å². The molecule has 0 radical (unpaired) electrons. The number of nitrogen functional groups attached to an aromatic ring is 1. The predicted molar refractivity (Wildman–Crippen MR) is 63.8 cm³/mol. The summed E-state index contributed by atoms with van der Waals surface area (Å²) in [5.41, 5.74) is 5.43. The molecule has 0 bridgehead atoms. The molecule has 100 valence electrons. The van der Waals surface area contributed by atoms with Crippen molar-refractivity contribution in [1.82, 2.24) is 4.98 Å². The van der Waals surface area contributed by atoms with Gasteiger partial charge in [-0.15, -0.1) is 0 Å². The van der Waals surface area contributed by atoms with Crippen molar-refractivity contribution < 1.29 is 13.2 Å². The Labute approximate surface area is 103 Å². The lowest BCUT2D eigenvalue weighted by Gasteiger charge is -2.28. The van der Waals surface area contributed by atoms with Gasteiger partial charge in [0.2, 0.25) is 0 Å². The molecule has 0 fully saturated rings. The highest BCUT2D eigenvalue weighted by atomic mass is 19.4. The van der Waals surface area contributed by atoms with E-state index in [2.05, 4.69) is 4.98 Å². The molecular formula is C11H15F3N4. The van der Waals surface area contributed by atoms with Gasteiger partial charge < -0.3 is 10.6 Å². The number of nitrogens with two attached hydrogens (primary N) is 1. The Morgan fingerprint density at radius 1 is 1.44 bits per heavy atom. The van der Waals surface area contributed by atoms with E-state index in [1.54, 1.807) is 13.8 Å². The monoisotopic (exact) mass is 260 g/mol. The quantitative estimate of drug-likeness (QED) is 0.644. The lowest BCUT2D eigenvalue weighted by Crippen LogP contribution is -2.39. The summed E-state index contributed by atoms with van der Waals surface area (Å²) in [7, 11) is 0. The van der Waals surface area contributed by atoms with Gasteiger partial charge in [-0.25, -0.2) is 4.98 Å². The molecule has 0 aliphatic rings. The van der Waals surface area contributed by atoms with E-state index in [1.807, 2.05) is 0 Å². The Morgan fingerprint density at radius 2 is 2.06 bits per heavy atom. The van der Waals surface area contributed by atoms with E-state index in [0.717, 1.165) is 4.90 Å². The fourth-order valence-electron chi connectivity index (χ4n) is 1.45. The summed E-state index contributed by atoms with van der Waals surface area (Å²) in [4.78, 5) is 5.07. The van der Waals surface area contributed by atoms with Gasteiger partial charge >= 0.3 is 6.18 Å². The van der Waals surface area contributed by atoms with Gasteiger partial charge in [-0.1, -0.05) is 6.07 Å². The third-order valence-electron chi connectivity index (χ3n) is 2.28. The smallest absolute Gasteiger partial charge is 0.382 e. The lowest BCUT2D eigenvalue weighted by atomic mass is 10.2. The average molecular weight is 260 g/mol. The number of pyridine rings is 1. The van der Waals surface area contributed by atoms with E-state index in [-0.39, 0.29) is 23.4 Å². The summed E-state index contributed by atoms with van der Waals surface area (Å²) >= 11 is 0. The molecule has 0 amide bonds. The van der Waals surface area contributed by atoms with E-state index in [9.17, 15) is 13.2 Å². The first-order valence-electron chi connectivity index (χ1n) is 5.35. The maximum Gasteiger partial charge on any atom is 0.405 e. The summed E-state index contributed by atoms with van der Waals surface area (Å²) in [6.07, 6.45) is -4.31. The summed E-state index contributed by atoms with van der Waals surface area (Å²) in [6.45, 7) is 2.21. The molecule has 0 spiro atoms.